The van der Waals surface area contributed by atoms with E-state index >= 15 is 0 Å². The van der Waals surface area contributed by atoms with Gasteiger partial charge in [0.25, 0.3) is 0 Å². The Labute approximate surface area is 387 Å². The first-order chi connectivity index (χ1) is 28.4. The molecule has 5 unspecified atom stereocenters. The van der Waals surface area contributed by atoms with Gasteiger partial charge < -0.3 is 24.3 Å². The number of nitrogens with zero attached hydrogens (tertiary/aromatic N) is 2. The number of hydrogen-bond donors (Lipinski definition) is 0. The van der Waals surface area contributed by atoms with Gasteiger partial charge in [-0.15, -0.1) is 0 Å². The summed E-state index contributed by atoms with van der Waals surface area (Å²) in [6, 6.07) is 46.7. The molecule has 61 heavy (non-hydrogen) atoms. The van der Waals surface area contributed by atoms with Crippen molar-refractivity contribution in [3.63, 3.8) is 0 Å². The van der Waals surface area contributed by atoms with Crippen LogP contribution in [0.5, 0.6) is 0 Å². The van der Waals surface area contributed by atoms with E-state index in [1.807, 2.05) is 14.2 Å². The molecule has 334 valence electrons. The van der Waals surface area contributed by atoms with Crippen LogP contribution in [0.15, 0.2) is 121 Å². The van der Waals surface area contributed by atoms with Gasteiger partial charge in [-0.25, -0.2) is 0 Å². The van der Waals surface area contributed by atoms with E-state index in [0.717, 1.165) is 41.9 Å². The molecular formula is C53H78FeN2O2P2Si. The van der Waals surface area contributed by atoms with Crippen molar-refractivity contribution in [1.29, 1.82) is 0 Å². The fraction of sp³-hybridized carbons (Fsp3) is 0.509. The van der Waals surface area contributed by atoms with Crippen molar-refractivity contribution in [2.24, 2.45) is 11.8 Å². The van der Waals surface area contributed by atoms with Crippen LogP contribution in [0.4, 0.5) is 0 Å². The summed E-state index contributed by atoms with van der Waals surface area (Å²) in [5.41, 5.74) is 2.49. The quantitative estimate of drug-likeness (QED) is 0.0674. The second-order valence-corrected chi connectivity index (χ2v) is 29.0. The minimum atomic E-state index is -1.24. The van der Waals surface area contributed by atoms with Crippen LogP contribution in [-0.2, 0) is 26.5 Å². The van der Waals surface area contributed by atoms with Crippen molar-refractivity contribution >= 4 is 45.1 Å². The summed E-state index contributed by atoms with van der Waals surface area (Å²) in [7, 11) is 1.84. The molecule has 0 aromatic heterocycles. The Kier molecular flexibility index (Phi) is 21.9. The minimum absolute atomic E-state index is 0. The van der Waals surface area contributed by atoms with E-state index in [4.69, 9.17) is 9.47 Å². The topological polar surface area (TPSA) is 24.9 Å². The summed E-state index contributed by atoms with van der Waals surface area (Å²) in [5.74, 6) is 1.62. The standard InChI is InChI=1S/C27H40NOPSi.C24H32NOP.2CH3.Fe/c1-29-21-22-12-11-19-28(22)20-25-26(17-18-27(25)31(2,3)4)30(23-13-7-5-8-14-23)24-15-9-6-10-16-24;1-26-19-21-11-9-17-25(21)18-20-10-8-16-24(20)27(22-12-4-2-5-13-22)23-14-6-3-7-15-23;;;/h5-10,13-16,22,25-27H,11-12,17-21H2,1-4H3;2-7,12-15,20-21,24H,8-11,16-19H2,1H3;2*1H3;/q;;2*-1;+2/t22-,25?,26?,27?;20?,21-,24?;;;/m00.../s1. The summed E-state index contributed by atoms with van der Waals surface area (Å²) >= 11 is 0. The Morgan fingerprint density at radius 1 is 0.508 bits per heavy atom. The van der Waals surface area contributed by atoms with Crippen LogP contribution in [0.2, 0.25) is 25.2 Å². The van der Waals surface area contributed by atoms with Crippen molar-refractivity contribution in [2.45, 2.75) is 106 Å². The third-order valence-electron chi connectivity index (χ3n) is 13.9. The molecule has 0 bridgehead atoms. The molecule has 0 spiro atoms. The SMILES string of the molecule is COC[C@@H]1CCCN1CC1C(P(c2ccccc2)c2ccccc2)CCC1[Si](C)(C)C.COC[C@@H]1CCCN1CC1CCCC1P(c1ccccc1)c1ccccc1.[CH3-].[CH3-].[Fe+2]. The van der Waals surface area contributed by atoms with Crippen molar-refractivity contribution < 1.29 is 26.5 Å². The van der Waals surface area contributed by atoms with E-state index in [1.165, 1.54) is 84.0 Å². The number of hydrogen-bond acceptors (Lipinski definition) is 4. The molecule has 0 N–H and O–H groups in total. The molecule has 2 heterocycles. The van der Waals surface area contributed by atoms with Crippen LogP contribution in [0.1, 0.15) is 57.8 Å². The number of benzene rings is 4. The molecule has 2 saturated heterocycles. The normalized spacial score (nSPS) is 25.4. The second-order valence-electron chi connectivity index (χ2n) is 18.6. The molecule has 4 fully saturated rings. The van der Waals surface area contributed by atoms with Crippen molar-refractivity contribution in [3.8, 4) is 0 Å². The zero-order chi connectivity index (χ0) is 40.3. The Bertz CT molecular complexity index is 1690. The Hall–Kier alpha value is -1.68. The Morgan fingerprint density at radius 3 is 1.33 bits per heavy atom. The van der Waals surface area contributed by atoms with Gasteiger partial charge in [-0.05, 0) is 124 Å². The average molecular weight is 921 g/mol. The van der Waals surface area contributed by atoms with Gasteiger partial charge in [-0.2, -0.15) is 0 Å². The summed E-state index contributed by atoms with van der Waals surface area (Å²) in [4.78, 5) is 5.53. The molecule has 8 rings (SSSR count). The fourth-order valence-corrected chi connectivity index (χ4v) is 20.4. The molecule has 7 atom stereocenters. The Balaban J connectivity index is 0.000000258. The van der Waals surface area contributed by atoms with E-state index in [2.05, 4.69) is 151 Å². The van der Waals surface area contributed by atoms with E-state index in [1.54, 1.807) is 21.2 Å². The predicted molar refractivity (Wildman–Crippen MR) is 269 cm³/mol. The maximum Gasteiger partial charge on any atom is 2.00 e. The molecule has 2 aliphatic heterocycles. The third kappa shape index (κ3) is 13.4. The second kappa shape index (κ2) is 25.7. The molecule has 4 aliphatic rings. The Morgan fingerprint density at radius 2 is 0.918 bits per heavy atom. The van der Waals surface area contributed by atoms with Gasteiger partial charge in [0, 0.05) is 47.5 Å². The zero-order valence-electron chi connectivity index (χ0n) is 38.7. The molecular weight excluding hydrogens is 842 g/mol. The first kappa shape index (κ1) is 51.9. The predicted octanol–water partition coefficient (Wildman–Crippen LogP) is 11.0. The van der Waals surface area contributed by atoms with Crippen molar-refractivity contribution in [3.05, 3.63) is 136 Å². The number of likely N-dealkylation sites (tertiary alicyclic amines) is 2. The van der Waals surface area contributed by atoms with Gasteiger partial charge in [0.1, 0.15) is 0 Å². The van der Waals surface area contributed by atoms with Gasteiger partial charge in [-0.3, -0.25) is 9.80 Å². The first-order valence-corrected chi connectivity index (χ1v) is 29.0. The van der Waals surface area contributed by atoms with Crippen LogP contribution in [0.25, 0.3) is 0 Å². The fourth-order valence-electron chi connectivity index (χ4n) is 11.3. The van der Waals surface area contributed by atoms with Crippen LogP contribution in [0.3, 0.4) is 0 Å². The van der Waals surface area contributed by atoms with Gasteiger partial charge >= 0.3 is 17.1 Å². The summed E-state index contributed by atoms with van der Waals surface area (Å²) in [6.07, 6.45) is 12.2. The van der Waals surface area contributed by atoms with E-state index in [9.17, 15) is 0 Å². The monoisotopic (exact) mass is 920 g/mol. The summed E-state index contributed by atoms with van der Waals surface area (Å²) in [6.45, 7) is 14.6. The molecule has 0 radical (unpaired) electrons. The number of methoxy groups -OCH3 is 2. The van der Waals surface area contributed by atoms with Gasteiger partial charge in [-0.1, -0.05) is 154 Å². The van der Waals surface area contributed by atoms with E-state index < -0.39 is 8.07 Å². The van der Waals surface area contributed by atoms with Crippen molar-refractivity contribution in [2.75, 3.05) is 53.6 Å². The van der Waals surface area contributed by atoms with Crippen LogP contribution >= 0.6 is 15.8 Å². The first-order valence-electron chi connectivity index (χ1n) is 22.6. The largest absolute Gasteiger partial charge is 2.00 e. The van der Waals surface area contributed by atoms with Gasteiger partial charge in [0.05, 0.1) is 13.2 Å². The molecule has 0 amide bonds. The van der Waals surface area contributed by atoms with E-state index in [-0.39, 0.29) is 47.8 Å². The average Bonchev–Trinajstić information content (AvgIpc) is 4.08. The van der Waals surface area contributed by atoms with Crippen LogP contribution in [-0.4, -0.2) is 94.9 Å². The maximum atomic E-state index is 5.60. The zero-order valence-corrected chi connectivity index (χ0v) is 42.5. The summed E-state index contributed by atoms with van der Waals surface area (Å²) < 4.78 is 11.1. The van der Waals surface area contributed by atoms with Crippen LogP contribution in [0, 0.1) is 26.7 Å². The maximum absolute atomic E-state index is 5.60. The van der Waals surface area contributed by atoms with Crippen molar-refractivity contribution in [1.82, 2.24) is 9.80 Å². The molecule has 4 aromatic rings. The number of ether oxygens (including phenoxy) is 2. The number of rotatable bonds is 15. The summed E-state index contributed by atoms with van der Waals surface area (Å²) in [5, 5.41) is 6.21. The molecule has 2 saturated carbocycles. The minimum Gasteiger partial charge on any atom is -0.383 e. The van der Waals surface area contributed by atoms with Gasteiger partial charge in [0.15, 0.2) is 0 Å². The third-order valence-corrected chi connectivity index (χ3v) is 23.0. The smallest absolute Gasteiger partial charge is 0.383 e. The molecule has 4 aromatic carbocycles. The molecule has 2 aliphatic carbocycles. The van der Waals surface area contributed by atoms with E-state index in [0.29, 0.717) is 12.1 Å². The van der Waals surface area contributed by atoms with Crippen LogP contribution < -0.4 is 21.2 Å². The molecule has 8 heteroatoms. The van der Waals surface area contributed by atoms with Gasteiger partial charge in [0.2, 0.25) is 0 Å². The molecule has 4 nitrogen and oxygen atoms in total.